The summed E-state index contributed by atoms with van der Waals surface area (Å²) in [6.07, 6.45) is 6.16. The molecule has 0 spiro atoms. The van der Waals surface area contributed by atoms with Crippen LogP contribution >= 0.6 is 23.4 Å². The maximum Gasteiger partial charge on any atom is 0.165 e. The van der Waals surface area contributed by atoms with Gasteiger partial charge in [-0.25, -0.2) is 15.0 Å². The van der Waals surface area contributed by atoms with Crippen molar-refractivity contribution < 1.29 is 0 Å². The smallest absolute Gasteiger partial charge is 0.165 e. The second kappa shape index (κ2) is 4.10. The van der Waals surface area contributed by atoms with Gasteiger partial charge in [0, 0.05) is 6.04 Å². The van der Waals surface area contributed by atoms with E-state index in [1.54, 1.807) is 6.33 Å². The molecule has 0 radical (unpaired) electrons. The van der Waals surface area contributed by atoms with Gasteiger partial charge in [-0.15, -0.1) is 0 Å². The highest BCUT2D eigenvalue weighted by molar-refractivity contribution is 7.99. The van der Waals surface area contributed by atoms with Gasteiger partial charge in [0.05, 0.1) is 6.33 Å². The molecule has 4 nitrogen and oxygen atoms in total. The number of halogens is 1. The fraction of sp³-hybridized carbons (Fsp3) is 0.643. The van der Waals surface area contributed by atoms with E-state index in [-0.39, 0.29) is 0 Å². The van der Waals surface area contributed by atoms with Crippen molar-refractivity contribution in [3.8, 4) is 0 Å². The van der Waals surface area contributed by atoms with Crippen LogP contribution in [0.2, 0.25) is 5.15 Å². The Kier molecular flexibility index (Phi) is 2.42. The predicted octanol–water partition coefficient (Wildman–Crippen LogP) is 3.04. The van der Waals surface area contributed by atoms with Gasteiger partial charge in [-0.1, -0.05) is 11.6 Å². The van der Waals surface area contributed by atoms with E-state index in [1.807, 2.05) is 6.33 Å². The highest BCUT2D eigenvalue weighted by Gasteiger charge is 2.54. The summed E-state index contributed by atoms with van der Waals surface area (Å²) in [5.41, 5.74) is 1.65. The van der Waals surface area contributed by atoms with Gasteiger partial charge in [0.2, 0.25) is 0 Å². The lowest BCUT2D eigenvalue weighted by atomic mass is 9.79. The number of imidazole rings is 1. The van der Waals surface area contributed by atoms with Crippen LogP contribution in [0.15, 0.2) is 12.7 Å². The molecule has 20 heavy (non-hydrogen) atoms. The number of aromatic nitrogens is 4. The Morgan fingerprint density at radius 3 is 2.95 bits per heavy atom. The third-order valence-corrected chi connectivity index (χ3v) is 7.13. The molecule has 1 aliphatic heterocycles. The first kappa shape index (κ1) is 11.8. The Morgan fingerprint density at radius 2 is 2.00 bits per heavy atom. The van der Waals surface area contributed by atoms with Crippen molar-refractivity contribution in [2.75, 3.05) is 11.5 Å². The van der Waals surface area contributed by atoms with Gasteiger partial charge in [0.25, 0.3) is 0 Å². The molecule has 3 fully saturated rings. The number of fused-ring (bicyclic) bond motifs is 6. The Balaban J connectivity index is 1.59. The normalized spacial score (nSPS) is 38.8. The quantitative estimate of drug-likeness (QED) is 0.760. The van der Waals surface area contributed by atoms with Gasteiger partial charge in [-0.05, 0) is 48.0 Å². The van der Waals surface area contributed by atoms with Crippen molar-refractivity contribution in [2.45, 2.75) is 18.9 Å². The van der Waals surface area contributed by atoms with Gasteiger partial charge in [0.1, 0.15) is 11.8 Å². The molecule has 0 amide bonds. The summed E-state index contributed by atoms with van der Waals surface area (Å²) in [4.78, 5) is 12.9. The standard InChI is InChI=1S/C14H15ClN4S/c15-13-12-14(17-5-16-13)19(6-18-12)11-2-7-1-8(11)10-4-20-3-9(7)10/h5-11H,1-4H2/t7-,8-,9+,10-,11+/m0/s1. The van der Waals surface area contributed by atoms with Gasteiger partial charge in [-0.3, -0.25) is 0 Å². The summed E-state index contributed by atoms with van der Waals surface area (Å²) >= 11 is 8.26. The first-order valence-corrected chi connectivity index (χ1v) is 8.77. The molecule has 2 aromatic heterocycles. The highest BCUT2D eigenvalue weighted by atomic mass is 35.5. The first-order valence-electron chi connectivity index (χ1n) is 7.23. The second-order valence-electron chi connectivity index (χ2n) is 6.32. The van der Waals surface area contributed by atoms with Crippen LogP contribution in [0.5, 0.6) is 0 Å². The average molecular weight is 307 g/mol. The molecule has 0 N–H and O–H groups in total. The second-order valence-corrected chi connectivity index (χ2v) is 7.75. The molecule has 2 saturated carbocycles. The van der Waals surface area contributed by atoms with Crippen molar-refractivity contribution in [1.29, 1.82) is 0 Å². The summed E-state index contributed by atoms with van der Waals surface area (Å²) < 4.78 is 2.27. The van der Waals surface area contributed by atoms with Gasteiger partial charge in [0.15, 0.2) is 10.8 Å². The van der Waals surface area contributed by atoms with E-state index < -0.39 is 0 Å². The third-order valence-electron chi connectivity index (χ3n) is 5.61. The zero-order valence-corrected chi connectivity index (χ0v) is 12.5. The van der Waals surface area contributed by atoms with Crippen LogP contribution < -0.4 is 0 Å². The predicted molar refractivity (Wildman–Crippen MR) is 79.9 cm³/mol. The molecule has 5 atom stereocenters. The highest BCUT2D eigenvalue weighted by Crippen LogP contribution is 2.61. The van der Waals surface area contributed by atoms with Crippen LogP contribution in [-0.2, 0) is 0 Å². The molecule has 1 saturated heterocycles. The largest absolute Gasteiger partial charge is 0.312 e. The van der Waals surface area contributed by atoms with Gasteiger partial charge in [-0.2, -0.15) is 11.8 Å². The van der Waals surface area contributed by atoms with Crippen molar-refractivity contribution in [3.63, 3.8) is 0 Å². The fourth-order valence-electron chi connectivity index (χ4n) is 4.80. The molecule has 2 aliphatic carbocycles. The van der Waals surface area contributed by atoms with E-state index in [4.69, 9.17) is 11.6 Å². The van der Waals surface area contributed by atoms with E-state index >= 15 is 0 Å². The number of hydrogen-bond donors (Lipinski definition) is 0. The lowest BCUT2D eigenvalue weighted by Gasteiger charge is -2.31. The third kappa shape index (κ3) is 1.43. The molecule has 6 heteroatoms. The minimum absolute atomic E-state index is 0.464. The molecular weight excluding hydrogens is 292 g/mol. The molecule has 3 aliphatic rings. The van der Waals surface area contributed by atoms with Crippen molar-refractivity contribution in [1.82, 2.24) is 19.5 Å². The van der Waals surface area contributed by atoms with Crippen LogP contribution in [0.3, 0.4) is 0 Å². The van der Waals surface area contributed by atoms with E-state index in [2.05, 4.69) is 31.3 Å². The molecule has 2 bridgehead atoms. The first-order chi connectivity index (χ1) is 9.83. The molecule has 104 valence electrons. The number of rotatable bonds is 1. The SMILES string of the molecule is Clc1ncnc2c1ncn2[C@@H]1C[C@@H]2C[C@H]1[C@@H]1CSC[C@H]21. The summed E-state index contributed by atoms with van der Waals surface area (Å²) in [5, 5.41) is 0.464. The molecule has 0 aromatic carbocycles. The molecule has 3 heterocycles. The Hall–Kier alpha value is -0.810. The molecule has 0 unspecified atom stereocenters. The maximum absolute atomic E-state index is 6.11. The van der Waals surface area contributed by atoms with Crippen LogP contribution in [0, 0.1) is 23.7 Å². The van der Waals surface area contributed by atoms with E-state index in [0.29, 0.717) is 11.2 Å². The zero-order valence-electron chi connectivity index (χ0n) is 10.9. The number of thioether (sulfide) groups is 1. The van der Waals surface area contributed by atoms with Crippen molar-refractivity contribution in [2.24, 2.45) is 23.7 Å². The molecule has 5 rings (SSSR count). The molecule has 2 aromatic rings. The Bertz CT molecular complexity index is 687. The lowest BCUT2D eigenvalue weighted by molar-refractivity contribution is 0.210. The van der Waals surface area contributed by atoms with Crippen LogP contribution in [-0.4, -0.2) is 31.0 Å². The van der Waals surface area contributed by atoms with Crippen LogP contribution in [0.1, 0.15) is 18.9 Å². The van der Waals surface area contributed by atoms with E-state index in [0.717, 1.165) is 34.8 Å². The van der Waals surface area contributed by atoms with Gasteiger partial charge >= 0.3 is 0 Å². The lowest BCUT2D eigenvalue weighted by Crippen LogP contribution is -2.28. The fourth-order valence-corrected chi connectivity index (χ4v) is 6.67. The zero-order chi connectivity index (χ0) is 13.3. The van der Waals surface area contributed by atoms with Crippen LogP contribution in [0.25, 0.3) is 11.2 Å². The minimum Gasteiger partial charge on any atom is -0.312 e. The molecular formula is C14H15ClN4S. The summed E-state index contributed by atoms with van der Waals surface area (Å²) in [5.74, 6) is 6.36. The minimum atomic E-state index is 0.464. The van der Waals surface area contributed by atoms with Crippen molar-refractivity contribution in [3.05, 3.63) is 17.8 Å². The van der Waals surface area contributed by atoms with Gasteiger partial charge < -0.3 is 4.57 Å². The Morgan fingerprint density at radius 1 is 1.10 bits per heavy atom. The summed E-state index contributed by atoms with van der Waals surface area (Å²) in [6.45, 7) is 0. The topological polar surface area (TPSA) is 43.6 Å². The van der Waals surface area contributed by atoms with Crippen molar-refractivity contribution >= 4 is 34.5 Å². The Labute approximate surface area is 126 Å². The van der Waals surface area contributed by atoms with E-state index in [9.17, 15) is 0 Å². The number of hydrogen-bond acceptors (Lipinski definition) is 4. The summed E-state index contributed by atoms with van der Waals surface area (Å²) in [7, 11) is 0. The average Bonchev–Trinajstić information content (AvgIpc) is 3.19. The van der Waals surface area contributed by atoms with Crippen LogP contribution in [0.4, 0.5) is 0 Å². The number of nitrogens with zero attached hydrogens (tertiary/aromatic N) is 4. The van der Waals surface area contributed by atoms with E-state index in [1.165, 1.54) is 24.3 Å². The summed E-state index contributed by atoms with van der Waals surface area (Å²) in [6, 6.07) is 0.566. The maximum atomic E-state index is 6.11. The monoisotopic (exact) mass is 306 g/mol.